The molecule has 0 bridgehead atoms. The minimum absolute atomic E-state index is 0.0148. The quantitative estimate of drug-likeness (QED) is 0.541. The fraction of sp³-hybridized carbons (Fsp3) is 0.348. The Kier molecular flexibility index (Phi) is 7.09. The van der Waals surface area contributed by atoms with Crippen molar-refractivity contribution in [2.24, 2.45) is 0 Å². The van der Waals surface area contributed by atoms with Gasteiger partial charge in [0.05, 0.1) is 5.69 Å². The predicted octanol–water partition coefficient (Wildman–Crippen LogP) is 4.94. The van der Waals surface area contributed by atoms with Crippen molar-refractivity contribution in [2.75, 3.05) is 19.4 Å². The number of hydrogen-bond acceptors (Lipinski definition) is 4. The van der Waals surface area contributed by atoms with Gasteiger partial charge in [-0.15, -0.1) is 0 Å². The van der Waals surface area contributed by atoms with Crippen molar-refractivity contribution in [3.63, 3.8) is 0 Å². The van der Waals surface area contributed by atoms with E-state index in [-0.39, 0.29) is 29.8 Å². The third-order valence-electron chi connectivity index (χ3n) is 4.97. The molecular formula is C23H26N2O3S. The number of amides is 2. The Bertz CT molecular complexity index is 924. The van der Waals surface area contributed by atoms with Crippen molar-refractivity contribution in [3.05, 3.63) is 59.2 Å². The summed E-state index contributed by atoms with van der Waals surface area (Å²) in [6.07, 6.45) is 4.76. The van der Waals surface area contributed by atoms with E-state index in [0.29, 0.717) is 16.1 Å². The number of anilines is 1. The SMILES string of the molecule is CN(C)C(=O)Sc1ccccc1NC(=O)CCC(=O)c1ccc2c(c1)CCCC2. The molecule has 0 unspecified atom stereocenters. The number of aryl methyl sites for hydroxylation is 2. The molecule has 0 aliphatic heterocycles. The Balaban J connectivity index is 1.58. The van der Waals surface area contributed by atoms with Crippen LogP contribution in [0.15, 0.2) is 47.4 Å². The molecule has 0 heterocycles. The molecule has 2 amide bonds. The summed E-state index contributed by atoms with van der Waals surface area (Å²) in [5.41, 5.74) is 3.87. The van der Waals surface area contributed by atoms with E-state index in [1.165, 1.54) is 28.9 Å². The van der Waals surface area contributed by atoms with Crippen LogP contribution in [0.4, 0.5) is 10.5 Å². The summed E-state index contributed by atoms with van der Waals surface area (Å²) in [4.78, 5) is 39.0. The minimum atomic E-state index is -0.235. The lowest BCUT2D eigenvalue weighted by atomic mass is 9.89. The number of thioether (sulfide) groups is 1. The fourth-order valence-corrected chi connectivity index (χ4v) is 4.08. The van der Waals surface area contributed by atoms with E-state index < -0.39 is 0 Å². The highest BCUT2D eigenvalue weighted by atomic mass is 32.2. The molecule has 1 aliphatic rings. The van der Waals surface area contributed by atoms with Gasteiger partial charge >= 0.3 is 0 Å². The van der Waals surface area contributed by atoms with Crippen LogP contribution in [0.3, 0.4) is 0 Å². The molecule has 0 fully saturated rings. The van der Waals surface area contributed by atoms with Gasteiger partial charge in [0.15, 0.2) is 5.78 Å². The van der Waals surface area contributed by atoms with Crippen molar-refractivity contribution in [1.82, 2.24) is 4.90 Å². The van der Waals surface area contributed by atoms with Gasteiger partial charge in [0, 0.05) is 37.4 Å². The molecule has 0 radical (unpaired) electrons. The molecule has 0 aromatic heterocycles. The number of carbonyl (C=O) groups is 3. The predicted molar refractivity (Wildman–Crippen MR) is 117 cm³/mol. The Morgan fingerprint density at radius 3 is 2.45 bits per heavy atom. The van der Waals surface area contributed by atoms with Gasteiger partial charge in [-0.1, -0.05) is 24.3 Å². The van der Waals surface area contributed by atoms with E-state index in [2.05, 4.69) is 11.4 Å². The monoisotopic (exact) mass is 410 g/mol. The number of carbonyl (C=O) groups excluding carboxylic acids is 3. The summed E-state index contributed by atoms with van der Waals surface area (Å²) in [5.74, 6) is -0.249. The molecule has 1 N–H and O–H groups in total. The molecule has 2 aromatic rings. The van der Waals surface area contributed by atoms with Gasteiger partial charge in [-0.05, 0) is 66.8 Å². The lowest BCUT2D eigenvalue weighted by Gasteiger charge is -2.16. The molecule has 0 saturated carbocycles. The maximum Gasteiger partial charge on any atom is 0.286 e. The zero-order chi connectivity index (χ0) is 20.8. The number of para-hydroxylation sites is 1. The van der Waals surface area contributed by atoms with Crippen LogP contribution in [0.1, 0.15) is 47.2 Å². The molecule has 2 aromatic carbocycles. The minimum Gasteiger partial charge on any atom is -0.339 e. The topological polar surface area (TPSA) is 66.5 Å². The Morgan fingerprint density at radius 1 is 0.966 bits per heavy atom. The van der Waals surface area contributed by atoms with Gasteiger partial charge in [0.25, 0.3) is 5.24 Å². The van der Waals surface area contributed by atoms with E-state index >= 15 is 0 Å². The number of rotatable bonds is 6. The summed E-state index contributed by atoms with van der Waals surface area (Å²) in [5, 5.41) is 2.71. The molecular weight excluding hydrogens is 384 g/mol. The molecule has 6 heteroatoms. The summed E-state index contributed by atoms with van der Waals surface area (Å²) in [6.45, 7) is 0. The lowest BCUT2D eigenvalue weighted by Crippen LogP contribution is -2.17. The average molecular weight is 411 g/mol. The summed E-state index contributed by atoms with van der Waals surface area (Å²) in [7, 11) is 3.37. The number of hydrogen-bond donors (Lipinski definition) is 1. The first kappa shape index (κ1) is 21.1. The van der Waals surface area contributed by atoms with Crippen molar-refractivity contribution >= 4 is 34.4 Å². The maximum absolute atomic E-state index is 12.5. The molecule has 5 nitrogen and oxygen atoms in total. The molecule has 3 rings (SSSR count). The highest BCUT2D eigenvalue weighted by Crippen LogP contribution is 2.29. The molecule has 0 atom stereocenters. The van der Waals surface area contributed by atoms with E-state index in [0.717, 1.165) is 24.6 Å². The largest absolute Gasteiger partial charge is 0.339 e. The first-order valence-corrected chi connectivity index (χ1v) is 10.7. The van der Waals surface area contributed by atoms with Crippen molar-refractivity contribution in [3.8, 4) is 0 Å². The number of benzene rings is 2. The van der Waals surface area contributed by atoms with E-state index in [1.807, 2.05) is 18.2 Å². The van der Waals surface area contributed by atoms with E-state index in [9.17, 15) is 14.4 Å². The third-order valence-corrected chi connectivity index (χ3v) is 6.09. The Morgan fingerprint density at radius 2 is 1.69 bits per heavy atom. The lowest BCUT2D eigenvalue weighted by molar-refractivity contribution is -0.116. The van der Waals surface area contributed by atoms with Gasteiger partial charge in [-0.2, -0.15) is 0 Å². The Labute approximate surface area is 175 Å². The van der Waals surface area contributed by atoms with Gasteiger partial charge < -0.3 is 10.2 Å². The van der Waals surface area contributed by atoms with Crippen LogP contribution in [-0.4, -0.2) is 35.9 Å². The third kappa shape index (κ3) is 5.70. The van der Waals surface area contributed by atoms with Crippen LogP contribution >= 0.6 is 11.8 Å². The highest BCUT2D eigenvalue weighted by molar-refractivity contribution is 8.13. The molecule has 0 saturated heterocycles. The summed E-state index contributed by atoms with van der Waals surface area (Å²) >= 11 is 1.06. The smallest absolute Gasteiger partial charge is 0.286 e. The average Bonchev–Trinajstić information content (AvgIpc) is 2.73. The van der Waals surface area contributed by atoms with Gasteiger partial charge in [0.2, 0.25) is 5.91 Å². The zero-order valence-electron chi connectivity index (χ0n) is 16.9. The van der Waals surface area contributed by atoms with E-state index in [1.54, 1.807) is 32.3 Å². The second kappa shape index (κ2) is 9.74. The molecule has 29 heavy (non-hydrogen) atoms. The van der Waals surface area contributed by atoms with Gasteiger partial charge in [-0.25, -0.2) is 0 Å². The van der Waals surface area contributed by atoms with Gasteiger partial charge in [0.1, 0.15) is 0 Å². The van der Waals surface area contributed by atoms with Crippen LogP contribution in [0.5, 0.6) is 0 Å². The van der Waals surface area contributed by atoms with Crippen LogP contribution in [0, 0.1) is 0 Å². The van der Waals surface area contributed by atoms with Crippen LogP contribution < -0.4 is 5.32 Å². The molecule has 1 aliphatic carbocycles. The van der Waals surface area contributed by atoms with E-state index in [4.69, 9.17) is 0 Å². The number of Topliss-reactive ketones (excluding diaryl/α,β-unsaturated/α-hetero) is 1. The molecule has 0 spiro atoms. The van der Waals surface area contributed by atoms with Crippen LogP contribution in [0.2, 0.25) is 0 Å². The van der Waals surface area contributed by atoms with Gasteiger partial charge in [-0.3, -0.25) is 14.4 Å². The maximum atomic E-state index is 12.5. The molecule has 152 valence electrons. The highest BCUT2D eigenvalue weighted by Gasteiger charge is 2.16. The Hall–Kier alpha value is -2.60. The summed E-state index contributed by atoms with van der Waals surface area (Å²) < 4.78 is 0. The van der Waals surface area contributed by atoms with Crippen molar-refractivity contribution in [1.29, 1.82) is 0 Å². The number of fused-ring (bicyclic) bond motifs is 1. The second-order valence-electron chi connectivity index (χ2n) is 7.42. The second-order valence-corrected chi connectivity index (χ2v) is 8.41. The van der Waals surface area contributed by atoms with Crippen molar-refractivity contribution in [2.45, 2.75) is 43.4 Å². The van der Waals surface area contributed by atoms with Crippen LogP contribution in [-0.2, 0) is 17.6 Å². The first-order chi connectivity index (χ1) is 13.9. The van der Waals surface area contributed by atoms with Crippen molar-refractivity contribution < 1.29 is 14.4 Å². The number of nitrogens with zero attached hydrogens (tertiary/aromatic N) is 1. The normalized spacial score (nSPS) is 12.8. The zero-order valence-corrected chi connectivity index (χ0v) is 17.7. The van der Waals surface area contributed by atoms with Crippen LogP contribution in [0.25, 0.3) is 0 Å². The summed E-state index contributed by atoms with van der Waals surface area (Å²) in [6, 6.07) is 13.1. The number of nitrogens with one attached hydrogen (secondary N) is 1. The standard InChI is InChI=1S/C23H26N2O3S/c1-25(2)23(28)29-21-10-6-5-9-19(21)24-22(27)14-13-20(26)18-12-11-16-7-3-4-8-17(16)15-18/h5-6,9-12,15H,3-4,7-8,13-14H2,1-2H3,(H,24,27). The number of ketones is 1. The fourth-order valence-electron chi connectivity index (χ4n) is 3.34. The first-order valence-electron chi connectivity index (χ1n) is 9.87.